The number of fused-ring (bicyclic) bond motifs is 1. The molecule has 0 saturated heterocycles. The number of hydrogen-bond acceptors (Lipinski definition) is 8. The maximum absolute atomic E-state index is 13.0. The van der Waals surface area contributed by atoms with Gasteiger partial charge in [0.2, 0.25) is 5.95 Å². The number of carbonyl (C=O) groups excluding carboxylic acids is 1. The standard InChI is InChI=1S/C25H28N8O/c1-25(2)19-4-3-11-26-22(19)23(34)33(25)18-9-10-21(27-13-18)29-16-7-8-17(12-16)30-24-28-14-20(31-32-24)15-5-6-15/h3-4,9-11,13-17H,5-8,12H2,1-2H3,(H,27,29)(H,28,30,32)/t16-,17-/m0/s1. The fraction of sp³-hybridized carbons (Fsp3) is 0.440. The molecule has 0 bridgehead atoms. The highest BCUT2D eigenvalue weighted by Gasteiger charge is 2.44. The number of aromatic nitrogens is 5. The van der Waals surface area contributed by atoms with Crippen molar-refractivity contribution in [2.45, 2.75) is 69.5 Å². The second-order valence-corrected chi connectivity index (χ2v) is 9.98. The molecule has 3 aromatic heterocycles. The Morgan fingerprint density at radius 1 is 0.941 bits per heavy atom. The average Bonchev–Trinajstić information content (AvgIpc) is 3.57. The summed E-state index contributed by atoms with van der Waals surface area (Å²) in [7, 11) is 0. The van der Waals surface area contributed by atoms with E-state index in [-0.39, 0.29) is 5.91 Å². The van der Waals surface area contributed by atoms with Gasteiger partial charge in [0.05, 0.1) is 29.3 Å². The van der Waals surface area contributed by atoms with Crippen molar-refractivity contribution in [3.05, 3.63) is 59.8 Å². The largest absolute Gasteiger partial charge is 0.367 e. The summed E-state index contributed by atoms with van der Waals surface area (Å²) in [6.45, 7) is 4.07. The van der Waals surface area contributed by atoms with E-state index < -0.39 is 5.54 Å². The van der Waals surface area contributed by atoms with Crippen molar-refractivity contribution in [1.82, 2.24) is 25.1 Å². The molecule has 1 amide bonds. The van der Waals surface area contributed by atoms with Gasteiger partial charge in [-0.3, -0.25) is 14.7 Å². The number of rotatable bonds is 6. The lowest BCUT2D eigenvalue weighted by atomic mass is 9.96. The van der Waals surface area contributed by atoms with Gasteiger partial charge in [-0.15, -0.1) is 10.2 Å². The smallest absolute Gasteiger partial charge is 0.278 e. The van der Waals surface area contributed by atoms with E-state index in [1.165, 1.54) is 12.8 Å². The Bertz CT molecular complexity index is 1210. The van der Waals surface area contributed by atoms with Gasteiger partial charge in [0.15, 0.2) is 0 Å². The van der Waals surface area contributed by atoms with Gasteiger partial charge in [0.25, 0.3) is 5.91 Å². The predicted molar refractivity (Wildman–Crippen MR) is 129 cm³/mol. The van der Waals surface area contributed by atoms with Crippen molar-refractivity contribution in [2.24, 2.45) is 0 Å². The SMILES string of the molecule is CC1(C)c2cccnc2C(=O)N1c1ccc(N[C@H]2CC[C@H](Nc3ncc(C4CC4)nn3)C2)nc1. The molecule has 2 atom stereocenters. The van der Waals surface area contributed by atoms with Crippen LogP contribution in [0, 0.1) is 0 Å². The van der Waals surface area contributed by atoms with Crippen LogP contribution in [-0.4, -0.2) is 43.1 Å². The molecule has 9 heteroatoms. The molecule has 3 aromatic rings. The van der Waals surface area contributed by atoms with Crippen LogP contribution in [0.5, 0.6) is 0 Å². The zero-order valence-electron chi connectivity index (χ0n) is 19.4. The molecule has 2 saturated carbocycles. The van der Waals surface area contributed by atoms with E-state index in [1.54, 1.807) is 17.3 Å². The highest BCUT2D eigenvalue weighted by atomic mass is 16.2. The average molecular weight is 457 g/mol. The first-order valence-corrected chi connectivity index (χ1v) is 12.0. The first-order chi connectivity index (χ1) is 16.5. The Balaban J connectivity index is 1.08. The summed E-state index contributed by atoms with van der Waals surface area (Å²) in [5.74, 6) is 1.89. The van der Waals surface area contributed by atoms with E-state index in [4.69, 9.17) is 0 Å². The lowest BCUT2D eigenvalue weighted by molar-refractivity contribution is 0.0978. The van der Waals surface area contributed by atoms with Crippen molar-refractivity contribution in [3.63, 3.8) is 0 Å². The number of anilines is 3. The molecule has 0 aromatic carbocycles. The van der Waals surface area contributed by atoms with E-state index >= 15 is 0 Å². The van der Waals surface area contributed by atoms with Crippen LogP contribution in [0.3, 0.4) is 0 Å². The van der Waals surface area contributed by atoms with E-state index in [9.17, 15) is 4.79 Å². The summed E-state index contributed by atoms with van der Waals surface area (Å²) in [5, 5.41) is 15.5. The minimum absolute atomic E-state index is 0.0882. The molecule has 2 fully saturated rings. The van der Waals surface area contributed by atoms with Gasteiger partial charge in [-0.05, 0) is 64.2 Å². The Hall–Kier alpha value is -3.62. The van der Waals surface area contributed by atoms with Gasteiger partial charge >= 0.3 is 0 Å². The van der Waals surface area contributed by atoms with Crippen LogP contribution in [0.25, 0.3) is 0 Å². The Morgan fingerprint density at radius 2 is 1.76 bits per heavy atom. The fourth-order valence-electron chi connectivity index (χ4n) is 5.15. The minimum Gasteiger partial charge on any atom is -0.367 e. The second-order valence-electron chi connectivity index (χ2n) is 9.98. The van der Waals surface area contributed by atoms with Crippen molar-refractivity contribution >= 4 is 23.4 Å². The molecule has 2 aliphatic carbocycles. The molecular weight excluding hydrogens is 428 g/mol. The van der Waals surface area contributed by atoms with E-state index in [0.717, 1.165) is 42.0 Å². The Labute approximate surface area is 198 Å². The molecule has 2 N–H and O–H groups in total. The van der Waals surface area contributed by atoms with Gasteiger partial charge in [0.1, 0.15) is 11.5 Å². The summed E-state index contributed by atoms with van der Waals surface area (Å²) < 4.78 is 0. The van der Waals surface area contributed by atoms with Crippen LogP contribution >= 0.6 is 0 Å². The molecule has 9 nitrogen and oxygen atoms in total. The molecule has 6 rings (SSSR count). The van der Waals surface area contributed by atoms with Crippen molar-refractivity contribution in [2.75, 3.05) is 15.5 Å². The highest BCUT2D eigenvalue weighted by molar-refractivity contribution is 6.10. The van der Waals surface area contributed by atoms with Gasteiger partial charge in [-0.2, -0.15) is 0 Å². The topological polar surface area (TPSA) is 109 Å². The second kappa shape index (κ2) is 8.00. The van der Waals surface area contributed by atoms with Crippen LogP contribution in [0.1, 0.15) is 73.6 Å². The first-order valence-electron chi connectivity index (χ1n) is 12.0. The zero-order valence-corrected chi connectivity index (χ0v) is 19.4. The normalized spacial score (nSPS) is 23.1. The fourth-order valence-corrected chi connectivity index (χ4v) is 5.15. The van der Waals surface area contributed by atoms with Gasteiger partial charge < -0.3 is 10.6 Å². The molecule has 174 valence electrons. The summed E-state index contributed by atoms with van der Waals surface area (Å²) in [6.07, 6.45) is 10.7. The number of pyridine rings is 2. The van der Waals surface area contributed by atoms with Crippen LogP contribution in [0.2, 0.25) is 0 Å². The van der Waals surface area contributed by atoms with E-state index in [1.807, 2.05) is 44.3 Å². The molecule has 34 heavy (non-hydrogen) atoms. The van der Waals surface area contributed by atoms with Gasteiger partial charge in [-0.1, -0.05) is 6.07 Å². The Kier molecular flexibility index (Phi) is 4.93. The summed E-state index contributed by atoms with van der Waals surface area (Å²) >= 11 is 0. The molecule has 3 aliphatic rings. The van der Waals surface area contributed by atoms with E-state index in [2.05, 4.69) is 35.8 Å². The van der Waals surface area contributed by atoms with Crippen molar-refractivity contribution in [3.8, 4) is 0 Å². The molecule has 1 aliphatic heterocycles. The van der Waals surface area contributed by atoms with Gasteiger partial charge in [0, 0.05) is 29.8 Å². The third-order valence-corrected chi connectivity index (χ3v) is 7.13. The van der Waals surface area contributed by atoms with Crippen LogP contribution < -0.4 is 15.5 Å². The summed E-state index contributed by atoms with van der Waals surface area (Å²) in [5.41, 5.74) is 2.75. The lowest BCUT2D eigenvalue weighted by Crippen LogP contribution is -2.39. The number of nitrogens with zero attached hydrogens (tertiary/aromatic N) is 6. The Morgan fingerprint density at radius 3 is 2.44 bits per heavy atom. The zero-order chi connectivity index (χ0) is 23.3. The molecule has 0 radical (unpaired) electrons. The third kappa shape index (κ3) is 3.74. The highest BCUT2D eigenvalue weighted by Crippen LogP contribution is 2.41. The maximum Gasteiger partial charge on any atom is 0.278 e. The number of hydrogen-bond donors (Lipinski definition) is 2. The summed E-state index contributed by atoms with van der Waals surface area (Å²) in [4.78, 5) is 28.1. The molecule has 4 heterocycles. The monoisotopic (exact) mass is 456 g/mol. The van der Waals surface area contributed by atoms with Crippen LogP contribution in [0.4, 0.5) is 17.5 Å². The molecule has 0 unspecified atom stereocenters. The number of nitrogens with one attached hydrogen (secondary N) is 2. The van der Waals surface area contributed by atoms with E-state index in [0.29, 0.717) is 29.6 Å². The number of carbonyl (C=O) groups is 1. The molecular formula is C25H28N8O. The molecule has 0 spiro atoms. The van der Waals surface area contributed by atoms with Crippen LogP contribution in [-0.2, 0) is 5.54 Å². The number of amides is 1. The quantitative estimate of drug-likeness (QED) is 0.575. The van der Waals surface area contributed by atoms with Crippen LogP contribution in [0.15, 0.2) is 42.9 Å². The van der Waals surface area contributed by atoms with Crippen molar-refractivity contribution in [1.29, 1.82) is 0 Å². The third-order valence-electron chi connectivity index (χ3n) is 7.13. The first kappa shape index (κ1) is 20.9. The lowest BCUT2D eigenvalue weighted by Gasteiger charge is -2.32. The van der Waals surface area contributed by atoms with Crippen molar-refractivity contribution < 1.29 is 4.79 Å². The minimum atomic E-state index is -0.477. The van der Waals surface area contributed by atoms with Gasteiger partial charge in [-0.25, -0.2) is 9.97 Å². The predicted octanol–water partition coefficient (Wildman–Crippen LogP) is 3.88. The maximum atomic E-state index is 13.0. The summed E-state index contributed by atoms with van der Waals surface area (Å²) in [6, 6.07) is 8.35.